The first kappa shape index (κ1) is 22.6. The van der Waals surface area contributed by atoms with Crippen LogP contribution in [0.3, 0.4) is 0 Å². The first-order chi connectivity index (χ1) is 14.3. The Bertz CT molecular complexity index is 953. The molecule has 1 aliphatic rings. The number of hydrogen-bond donors (Lipinski definition) is 1. The first-order valence-corrected chi connectivity index (χ1v) is 12.6. The van der Waals surface area contributed by atoms with Gasteiger partial charge in [0.2, 0.25) is 10.0 Å². The van der Waals surface area contributed by atoms with Crippen molar-refractivity contribution in [2.45, 2.75) is 32.4 Å². The molecule has 0 unspecified atom stereocenters. The van der Waals surface area contributed by atoms with Crippen molar-refractivity contribution >= 4 is 38.6 Å². The second-order valence-corrected chi connectivity index (χ2v) is 10.5. The number of sulfonamides is 1. The molecule has 30 heavy (non-hydrogen) atoms. The SMILES string of the molecule is CCS(=O)(=O)Nc1ccc(N(C)C)c(CN(C[C@@H]2CCCO2)C(=O)c2cccs2)c1. The normalized spacial score (nSPS) is 16.4. The summed E-state index contributed by atoms with van der Waals surface area (Å²) in [5.74, 6) is -0.0375. The Labute approximate surface area is 182 Å². The summed E-state index contributed by atoms with van der Waals surface area (Å²) < 4.78 is 32.4. The number of rotatable bonds is 9. The lowest BCUT2D eigenvalue weighted by molar-refractivity contribution is 0.0511. The Hall–Kier alpha value is -2.10. The van der Waals surface area contributed by atoms with Gasteiger partial charge in [-0.3, -0.25) is 9.52 Å². The van der Waals surface area contributed by atoms with E-state index in [1.54, 1.807) is 13.0 Å². The second-order valence-electron chi connectivity index (χ2n) is 7.54. The van der Waals surface area contributed by atoms with E-state index in [4.69, 9.17) is 4.74 Å². The van der Waals surface area contributed by atoms with E-state index in [1.165, 1.54) is 11.3 Å². The fourth-order valence-electron chi connectivity index (χ4n) is 3.48. The molecule has 164 valence electrons. The maximum absolute atomic E-state index is 13.2. The van der Waals surface area contributed by atoms with Gasteiger partial charge in [-0.1, -0.05) is 6.07 Å². The summed E-state index contributed by atoms with van der Waals surface area (Å²) in [6.45, 7) is 3.20. The van der Waals surface area contributed by atoms with Crippen LogP contribution in [-0.2, 0) is 21.3 Å². The first-order valence-electron chi connectivity index (χ1n) is 10.0. The summed E-state index contributed by atoms with van der Waals surface area (Å²) >= 11 is 1.42. The lowest BCUT2D eigenvalue weighted by Crippen LogP contribution is -2.37. The highest BCUT2D eigenvalue weighted by Crippen LogP contribution is 2.27. The maximum Gasteiger partial charge on any atom is 0.264 e. The van der Waals surface area contributed by atoms with E-state index in [1.807, 2.05) is 53.5 Å². The molecule has 0 bridgehead atoms. The lowest BCUT2D eigenvalue weighted by atomic mass is 10.1. The minimum absolute atomic E-state index is 0.000225. The van der Waals surface area contributed by atoms with Crippen LogP contribution in [0.5, 0.6) is 0 Å². The zero-order valence-electron chi connectivity index (χ0n) is 17.6. The largest absolute Gasteiger partial charge is 0.377 e. The highest BCUT2D eigenvalue weighted by molar-refractivity contribution is 7.92. The van der Waals surface area contributed by atoms with E-state index in [0.29, 0.717) is 23.7 Å². The number of nitrogens with zero attached hydrogens (tertiary/aromatic N) is 2. The molecule has 1 N–H and O–H groups in total. The predicted molar refractivity (Wildman–Crippen MR) is 122 cm³/mol. The Kier molecular flexibility index (Phi) is 7.38. The van der Waals surface area contributed by atoms with Crippen molar-refractivity contribution < 1.29 is 17.9 Å². The van der Waals surface area contributed by atoms with Gasteiger partial charge < -0.3 is 14.5 Å². The molecule has 7 nitrogen and oxygen atoms in total. The third kappa shape index (κ3) is 5.74. The minimum Gasteiger partial charge on any atom is -0.377 e. The van der Waals surface area contributed by atoms with Crippen LogP contribution in [0, 0.1) is 0 Å². The molecule has 2 aromatic rings. The minimum atomic E-state index is -3.38. The van der Waals surface area contributed by atoms with Crippen LogP contribution in [0.1, 0.15) is 35.0 Å². The van der Waals surface area contributed by atoms with Gasteiger partial charge in [-0.25, -0.2) is 8.42 Å². The number of benzene rings is 1. The molecule has 0 spiro atoms. The average molecular weight is 452 g/mol. The lowest BCUT2D eigenvalue weighted by Gasteiger charge is -2.28. The van der Waals surface area contributed by atoms with Gasteiger partial charge in [0.15, 0.2) is 0 Å². The van der Waals surface area contributed by atoms with Crippen molar-refractivity contribution in [1.82, 2.24) is 4.90 Å². The molecule has 3 rings (SSSR count). The van der Waals surface area contributed by atoms with Gasteiger partial charge >= 0.3 is 0 Å². The number of amides is 1. The molecule has 1 saturated heterocycles. The highest BCUT2D eigenvalue weighted by atomic mass is 32.2. The molecule has 0 radical (unpaired) electrons. The Morgan fingerprint density at radius 2 is 2.10 bits per heavy atom. The quantitative estimate of drug-likeness (QED) is 0.632. The van der Waals surface area contributed by atoms with Crippen LogP contribution in [0.15, 0.2) is 35.7 Å². The molecule has 0 aliphatic carbocycles. The van der Waals surface area contributed by atoms with Gasteiger partial charge in [-0.05, 0) is 55.0 Å². The molecule has 1 aromatic heterocycles. The number of carbonyl (C=O) groups excluding carboxylic acids is 1. The Morgan fingerprint density at radius 1 is 1.30 bits per heavy atom. The number of carbonyl (C=O) groups is 1. The maximum atomic E-state index is 13.2. The van der Waals surface area contributed by atoms with Crippen LogP contribution in [0.25, 0.3) is 0 Å². The molecular weight excluding hydrogens is 422 g/mol. The average Bonchev–Trinajstić information content (AvgIpc) is 3.41. The number of nitrogens with one attached hydrogen (secondary N) is 1. The van der Waals surface area contributed by atoms with Crippen molar-refractivity contribution in [2.75, 3.05) is 42.6 Å². The van der Waals surface area contributed by atoms with Crippen LogP contribution >= 0.6 is 11.3 Å². The standard InChI is InChI=1S/C21H29N3O4S2/c1-4-30(26,27)22-17-9-10-19(23(2)3)16(13-17)14-24(15-18-7-5-11-28-18)21(25)20-8-6-12-29-20/h6,8-10,12-13,18,22H,4-5,7,11,14-15H2,1-3H3/t18-/m0/s1. The molecule has 1 aliphatic heterocycles. The van der Waals surface area contributed by atoms with E-state index < -0.39 is 10.0 Å². The molecule has 2 heterocycles. The summed E-state index contributed by atoms with van der Waals surface area (Å²) in [5.41, 5.74) is 2.31. The molecule has 1 aromatic carbocycles. The summed E-state index contributed by atoms with van der Waals surface area (Å²) in [5, 5.41) is 1.89. The monoisotopic (exact) mass is 451 g/mol. The fourth-order valence-corrected chi connectivity index (χ4v) is 4.80. The summed E-state index contributed by atoms with van der Waals surface area (Å²) in [4.78, 5) is 17.7. The van der Waals surface area contributed by atoms with Gasteiger partial charge in [0.25, 0.3) is 5.91 Å². The second kappa shape index (κ2) is 9.80. The number of anilines is 2. The number of ether oxygens (including phenoxy) is 1. The van der Waals surface area contributed by atoms with Gasteiger partial charge in [-0.15, -0.1) is 11.3 Å². The van der Waals surface area contributed by atoms with E-state index in [-0.39, 0.29) is 17.8 Å². The molecule has 9 heteroatoms. The van der Waals surface area contributed by atoms with Crippen molar-refractivity contribution in [3.8, 4) is 0 Å². The summed E-state index contributed by atoms with van der Waals surface area (Å²) in [7, 11) is 0.478. The van der Waals surface area contributed by atoms with Crippen LogP contribution in [0.4, 0.5) is 11.4 Å². The Morgan fingerprint density at radius 3 is 2.70 bits per heavy atom. The fraction of sp³-hybridized carbons (Fsp3) is 0.476. The number of thiophene rings is 1. The third-order valence-electron chi connectivity index (χ3n) is 5.04. The van der Waals surface area contributed by atoms with Gasteiger partial charge in [0.05, 0.1) is 16.7 Å². The zero-order valence-corrected chi connectivity index (χ0v) is 19.3. The van der Waals surface area contributed by atoms with Crippen molar-refractivity contribution in [1.29, 1.82) is 0 Å². The summed E-state index contributed by atoms with van der Waals surface area (Å²) in [6.07, 6.45) is 1.96. The van der Waals surface area contributed by atoms with E-state index in [9.17, 15) is 13.2 Å². The summed E-state index contributed by atoms with van der Waals surface area (Å²) in [6, 6.07) is 9.13. The van der Waals surface area contributed by atoms with Crippen molar-refractivity contribution in [3.63, 3.8) is 0 Å². The van der Waals surface area contributed by atoms with Crippen LogP contribution in [-0.4, -0.2) is 58.3 Å². The van der Waals surface area contributed by atoms with Gasteiger partial charge in [0.1, 0.15) is 0 Å². The predicted octanol–water partition coefficient (Wildman–Crippen LogP) is 3.40. The van der Waals surface area contributed by atoms with E-state index in [2.05, 4.69) is 4.72 Å². The van der Waals surface area contributed by atoms with Gasteiger partial charge in [0, 0.05) is 45.2 Å². The molecule has 1 amide bonds. The van der Waals surface area contributed by atoms with E-state index >= 15 is 0 Å². The molecule has 1 atom stereocenters. The van der Waals surface area contributed by atoms with E-state index in [0.717, 1.165) is 30.7 Å². The Balaban J connectivity index is 1.91. The highest BCUT2D eigenvalue weighted by Gasteiger charge is 2.25. The van der Waals surface area contributed by atoms with Crippen molar-refractivity contribution in [2.24, 2.45) is 0 Å². The molecule has 1 fully saturated rings. The van der Waals surface area contributed by atoms with Crippen LogP contribution in [0.2, 0.25) is 0 Å². The smallest absolute Gasteiger partial charge is 0.264 e. The zero-order chi connectivity index (χ0) is 21.7. The molecule has 0 saturated carbocycles. The van der Waals surface area contributed by atoms with Crippen molar-refractivity contribution in [3.05, 3.63) is 46.2 Å². The van der Waals surface area contributed by atoms with Crippen LogP contribution < -0.4 is 9.62 Å². The molecular formula is C21H29N3O4S2. The third-order valence-corrected chi connectivity index (χ3v) is 7.21. The number of hydrogen-bond acceptors (Lipinski definition) is 6. The van der Waals surface area contributed by atoms with Gasteiger partial charge in [-0.2, -0.15) is 0 Å². The topological polar surface area (TPSA) is 79.0 Å².